The second-order valence-electron chi connectivity index (χ2n) is 4.81. The predicted octanol–water partition coefficient (Wildman–Crippen LogP) is 2.53. The first kappa shape index (κ1) is 14.6. The van der Waals surface area contributed by atoms with Gasteiger partial charge in [-0.1, -0.05) is 29.6 Å². The Morgan fingerprint density at radius 3 is 2.84 bits per heavy atom. The van der Waals surface area contributed by atoms with Crippen LogP contribution in [0.5, 0.6) is 0 Å². The van der Waals surface area contributed by atoms with Crippen LogP contribution in [-0.2, 0) is 0 Å². The van der Waals surface area contributed by atoms with E-state index in [1.165, 1.54) is 0 Å². The number of pyridine rings is 1. The molecule has 19 heavy (non-hydrogen) atoms. The van der Waals surface area contributed by atoms with Crippen LogP contribution in [0.25, 0.3) is 0 Å². The highest BCUT2D eigenvalue weighted by Gasteiger charge is 2.27. The molecule has 1 aromatic heterocycles. The van der Waals surface area contributed by atoms with Crippen LogP contribution in [0.1, 0.15) is 29.8 Å². The molecule has 104 valence electrons. The third kappa shape index (κ3) is 3.59. The largest absolute Gasteiger partial charge is 0.396 e. The van der Waals surface area contributed by atoms with E-state index in [1.807, 2.05) is 0 Å². The molecule has 1 heterocycles. The van der Waals surface area contributed by atoms with Crippen molar-refractivity contribution in [3.05, 3.63) is 28.0 Å². The Kier molecular flexibility index (Phi) is 5.02. The van der Waals surface area contributed by atoms with Gasteiger partial charge in [-0.3, -0.25) is 4.79 Å². The number of amides is 1. The summed E-state index contributed by atoms with van der Waals surface area (Å²) in [5.74, 6) is 0.283. The van der Waals surface area contributed by atoms with Crippen LogP contribution >= 0.6 is 23.2 Å². The molecule has 1 aliphatic carbocycles. The molecular formula is C13H16Cl2N2O2. The third-order valence-corrected chi connectivity index (χ3v) is 4.12. The zero-order valence-corrected chi connectivity index (χ0v) is 11.9. The number of carbonyl (C=O) groups excluding carboxylic acids is 1. The topological polar surface area (TPSA) is 62.2 Å². The molecule has 0 spiro atoms. The van der Waals surface area contributed by atoms with E-state index in [1.54, 1.807) is 12.1 Å². The number of aliphatic hydroxyl groups is 1. The number of rotatable bonds is 4. The molecule has 0 aliphatic heterocycles. The molecule has 1 aliphatic rings. The molecule has 2 rings (SSSR count). The highest BCUT2D eigenvalue weighted by atomic mass is 35.5. The fourth-order valence-electron chi connectivity index (χ4n) is 2.51. The lowest BCUT2D eigenvalue weighted by molar-refractivity contribution is 0.0933. The summed E-state index contributed by atoms with van der Waals surface area (Å²) in [6.07, 6.45) is 3.15. The summed E-state index contributed by atoms with van der Waals surface area (Å²) in [5, 5.41) is 12.6. The summed E-state index contributed by atoms with van der Waals surface area (Å²) in [6, 6.07) is 3.09. The van der Waals surface area contributed by atoms with Crippen molar-refractivity contribution in [2.45, 2.75) is 19.3 Å². The number of carbonyl (C=O) groups is 1. The van der Waals surface area contributed by atoms with Gasteiger partial charge in [0, 0.05) is 13.2 Å². The molecule has 0 aromatic carbocycles. The molecular weight excluding hydrogens is 287 g/mol. The number of halogens is 2. The SMILES string of the molecule is O=C(NCC1CCCC1CO)c1nc(Cl)ccc1Cl. The Labute approximate surface area is 122 Å². The fraction of sp³-hybridized carbons (Fsp3) is 0.538. The van der Waals surface area contributed by atoms with Gasteiger partial charge in [-0.2, -0.15) is 0 Å². The lowest BCUT2D eigenvalue weighted by atomic mass is 9.97. The van der Waals surface area contributed by atoms with Crippen molar-refractivity contribution in [3.8, 4) is 0 Å². The summed E-state index contributed by atoms with van der Waals surface area (Å²) in [7, 11) is 0. The Hall–Kier alpha value is -0.840. The summed E-state index contributed by atoms with van der Waals surface area (Å²) < 4.78 is 0. The number of aromatic nitrogens is 1. The van der Waals surface area contributed by atoms with Gasteiger partial charge in [0.15, 0.2) is 0 Å². The number of hydrogen-bond donors (Lipinski definition) is 2. The Bertz CT molecular complexity index is 468. The smallest absolute Gasteiger partial charge is 0.271 e. The standard InChI is InChI=1S/C13H16Cl2N2O2/c14-10-4-5-11(15)17-12(10)13(19)16-6-8-2-1-3-9(8)7-18/h4-5,8-9,18H,1-3,6-7H2,(H,16,19). The van der Waals surface area contributed by atoms with Gasteiger partial charge in [0.25, 0.3) is 5.91 Å². The van der Waals surface area contributed by atoms with Gasteiger partial charge in [-0.05, 0) is 36.8 Å². The van der Waals surface area contributed by atoms with Gasteiger partial charge in [0.1, 0.15) is 10.8 Å². The highest BCUT2D eigenvalue weighted by Crippen LogP contribution is 2.30. The van der Waals surface area contributed by atoms with Crippen molar-refractivity contribution >= 4 is 29.1 Å². The zero-order chi connectivity index (χ0) is 13.8. The molecule has 1 aromatic rings. The van der Waals surface area contributed by atoms with E-state index in [0.717, 1.165) is 19.3 Å². The van der Waals surface area contributed by atoms with E-state index in [0.29, 0.717) is 12.5 Å². The summed E-state index contributed by atoms with van der Waals surface area (Å²) in [5.41, 5.74) is 0.146. The summed E-state index contributed by atoms with van der Waals surface area (Å²) in [4.78, 5) is 15.9. The van der Waals surface area contributed by atoms with Crippen LogP contribution < -0.4 is 5.32 Å². The summed E-state index contributed by atoms with van der Waals surface area (Å²) in [6.45, 7) is 0.714. The van der Waals surface area contributed by atoms with Gasteiger partial charge in [0.05, 0.1) is 5.02 Å². The lowest BCUT2D eigenvalue weighted by Gasteiger charge is -2.17. The Balaban J connectivity index is 1.96. The van der Waals surface area contributed by atoms with E-state index in [4.69, 9.17) is 23.2 Å². The molecule has 0 bridgehead atoms. The molecule has 1 fully saturated rings. The number of nitrogens with one attached hydrogen (secondary N) is 1. The molecule has 2 N–H and O–H groups in total. The van der Waals surface area contributed by atoms with E-state index in [-0.39, 0.29) is 34.3 Å². The molecule has 0 saturated heterocycles. The average molecular weight is 303 g/mol. The minimum atomic E-state index is -0.323. The van der Waals surface area contributed by atoms with Crippen LogP contribution in [0.4, 0.5) is 0 Å². The third-order valence-electron chi connectivity index (χ3n) is 3.60. The molecule has 2 unspecified atom stereocenters. The number of aliphatic hydroxyl groups excluding tert-OH is 1. The quantitative estimate of drug-likeness (QED) is 0.840. The fourth-order valence-corrected chi connectivity index (χ4v) is 2.85. The van der Waals surface area contributed by atoms with Crippen molar-refractivity contribution in [2.24, 2.45) is 11.8 Å². The second-order valence-corrected chi connectivity index (χ2v) is 5.60. The van der Waals surface area contributed by atoms with Crippen molar-refractivity contribution in [2.75, 3.05) is 13.2 Å². The molecule has 4 nitrogen and oxygen atoms in total. The minimum Gasteiger partial charge on any atom is -0.396 e. The minimum absolute atomic E-state index is 0.146. The Morgan fingerprint density at radius 1 is 1.37 bits per heavy atom. The maximum atomic E-state index is 12.0. The maximum Gasteiger partial charge on any atom is 0.271 e. The number of nitrogens with zero attached hydrogens (tertiary/aromatic N) is 1. The van der Waals surface area contributed by atoms with Gasteiger partial charge in [-0.15, -0.1) is 0 Å². The van der Waals surface area contributed by atoms with Crippen LogP contribution in [0.15, 0.2) is 12.1 Å². The van der Waals surface area contributed by atoms with Crippen LogP contribution in [0, 0.1) is 11.8 Å². The molecule has 1 saturated carbocycles. The van der Waals surface area contributed by atoms with Crippen LogP contribution in [0.2, 0.25) is 10.2 Å². The molecule has 0 radical (unpaired) electrons. The van der Waals surface area contributed by atoms with Crippen molar-refractivity contribution in [1.29, 1.82) is 0 Å². The monoisotopic (exact) mass is 302 g/mol. The first-order chi connectivity index (χ1) is 9.11. The maximum absolute atomic E-state index is 12.0. The second kappa shape index (κ2) is 6.55. The van der Waals surface area contributed by atoms with E-state index in [2.05, 4.69) is 10.3 Å². The normalized spacial score (nSPS) is 22.5. The lowest BCUT2D eigenvalue weighted by Crippen LogP contribution is -2.32. The van der Waals surface area contributed by atoms with Gasteiger partial charge in [-0.25, -0.2) is 4.98 Å². The van der Waals surface area contributed by atoms with E-state index >= 15 is 0 Å². The van der Waals surface area contributed by atoms with E-state index < -0.39 is 0 Å². The van der Waals surface area contributed by atoms with Crippen molar-refractivity contribution < 1.29 is 9.90 Å². The molecule has 2 atom stereocenters. The zero-order valence-electron chi connectivity index (χ0n) is 10.4. The van der Waals surface area contributed by atoms with E-state index in [9.17, 15) is 9.90 Å². The number of hydrogen-bond acceptors (Lipinski definition) is 3. The first-order valence-corrected chi connectivity index (χ1v) is 7.08. The van der Waals surface area contributed by atoms with Crippen LogP contribution in [0.3, 0.4) is 0 Å². The van der Waals surface area contributed by atoms with Crippen LogP contribution in [-0.4, -0.2) is 29.1 Å². The van der Waals surface area contributed by atoms with Crippen molar-refractivity contribution in [3.63, 3.8) is 0 Å². The first-order valence-electron chi connectivity index (χ1n) is 6.33. The Morgan fingerprint density at radius 2 is 2.11 bits per heavy atom. The van der Waals surface area contributed by atoms with Gasteiger partial charge in [0.2, 0.25) is 0 Å². The van der Waals surface area contributed by atoms with Gasteiger partial charge < -0.3 is 10.4 Å². The highest BCUT2D eigenvalue weighted by molar-refractivity contribution is 6.34. The van der Waals surface area contributed by atoms with Crippen molar-refractivity contribution in [1.82, 2.24) is 10.3 Å². The predicted molar refractivity (Wildman–Crippen MR) is 74.5 cm³/mol. The average Bonchev–Trinajstić information content (AvgIpc) is 2.86. The van der Waals surface area contributed by atoms with Gasteiger partial charge >= 0.3 is 0 Å². The molecule has 6 heteroatoms. The molecule has 1 amide bonds. The summed E-state index contributed by atoms with van der Waals surface area (Å²) >= 11 is 11.7.